The number of rotatable bonds is 5. The highest BCUT2D eigenvalue weighted by Crippen LogP contribution is 2.24. The number of hydrogen-bond donors (Lipinski definition) is 1. The third kappa shape index (κ3) is 3.70. The van der Waals surface area contributed by atoms with Crippen LogP contribution in [0.2, 0.25) is 0 Å². The molecule has 1 heterocycles. The molecule has 0 amide bonds. The van der Waals surface area contributed by atoms with Gasteiger partial charge in [-0.2, -0.15) is 0 Å². The van der Waals surface area contributed by atoms with Crippen molar-refractivity contribution in [1.29, 1.82) is 0 Å². The average molecular weight is 234 g/mol. The van der Waals surface area contributed by atoms with E-state index in [4.69, 9.17) is 10.5 Å². The highest BCUT2D eigenvalue weighted by atomic mass is 16.5. The molecule has 1 aliphatic rings. The minimum atomic E-state index is 0.276. The fraction of sp³-hybridized carbons (Fsp3) is 0.643. The fourth-order valence-electron chi connectivity index (χ4n) is 2.00. The molecule has 1 fully saturated rings. The highest BCUT2D eigenvalue weighted by molar-refractivity contribution is 5.21. The van der Waals surface area contributed by atoms with Gasteiger partial charge < -0.3 is 10.5 Å². The lowest BCUT2D eigenvalue weighted by Gasteiger charge is -2.32. The van der Waals surface area contributed by atoms with E-state index in [0.717, 1.165) is 31.1 Å². The summed E-state index contributed by atoms with van der Waals surface area (Å²) >= 11 is 0. The van der Waals surface area contributed by atoms with Crippen LogP contribution in [0.15, 0.2) is 18.3 Å². The van der Waals surface area contributed by atoms with Crippen molar-refractivity contribution in [3.63, 3.8) is 0 Å². The van der Waals surface area contributed by atoms with Crippen LogP contribution in [0, 0.1) is 5.92 Å². The topological polar surface area (TPSA) is 48.1 Å². The zero-order valence-corrected chi connectivity index (χ0v) is 10.7. The number of aromatic nitrogens is 1. The Morgan fingerprint density at radius 3 is 2.88 bits per heavy atom. The molecule has 1 aromatic rings. The maximum absolute atomic E-state index is 5.78. The van der Waals surface area contributed by atoms with Gasteiger partial charge >= 0.3 is 0 Å². The van der Waals surface area contributed by atoms with Crippen LogP contribution in [0.1, 0.15) is 38.7 Å². The molecule has 17 heavy (non-hydrogen) atoms. The van der Waals surface area contributed by atoms with E-state index in [1.54, 1.807) is 0 Å². The van der Waals surface area contributed by atoms with Gasteiger partial charge in [-0.25, -0.2) is 4.98 Å². The molecule has 1 saturated carbocycles. The molecule has 0 spiro atoms. The smallest absolute Gasteiger partial charge is 0.213 e. The monoisotopic (exact) mass is 234 g/mol. The second-order valence-electron chi connectivity index (χ2n) is 5.41. The first kappa shape index (κ1) is 12.4. The van der Waals surface area contributed by atoms with Crippen molar-refractivity contribution >= 4 is 0 Å². The first-order valence-electron chi connectivity index (χ1n) is 6.50. The van der Waals surface area contributed by atoms with Crippen LogP contribution >= 0.6 is 0 Å². The molecule has 3 heteroatoms. The maximum atomic E-state index is 5.78. The Morgan fingerprint density at radius 1 is 1.47 bits per heavy atom. The van der Waals surface area contributed by atoms with E-state index in [1.165, 1.54) is 12.0 Å². The summed E-state index contributed by atoms with van der Waals surface area (Å²) in [6, 6.07) is 4.46. The molecule has 1 aliphatic carbocycles. The van der Waals surface area contributed by atoms with Crippen molar-refractivity contribution in [2.75, 3.05) is 0 Å². The first-order chi connectivity index (χ1) is 8.13. The minimum absolute atomic E-state index is 0.276. The maximum Gasteiger partial charge on any atom is 0.213 e. The molecule has 94 valence electrons. The normalized spacial score (nSPS) is 23.5. The Balaban J connectivity index is 1.87. The predicted molar refractivity (Wildman–Crippen MR) is 69.0 cm³/mol. The summed E-state index contributed by atoms with van der Waals surface area (Å²) in [4.78, 5) is 4.25. The second kappa shape index (κ2) is 5.50. The molecule has 0 saturated heterocycles. The Kier molecular flexibility index (Phi) is 4.00. The van der Waals surface area contributed by atoms with Crippen molar-refractivity contribution in [3.05, 3.63) is 23.9 Å². The first-order valence-corrected chi connectivity index (χ1v) is 6.50. The van der Waals surface area contributed by atoms with Gasteiger partial charge in [0.2, 0.25) is 5.88 Å². The third-order valence-electron chi connectivity index (χ3n) is 3.23. The lowest BCUT2D eigenvalue weighted by Crippen LogP contribution is -2.43. The summed E-state index contributed by atoms with van der Waals surface area (Å²) in [5.41, 5.74) is 7.05. The lowest BCUT2D eigenvalue weighted by atomic mass is 9.90. The molecular weight excluding hydrogens is 212 g/mol. The summed E-state index contributed by atoms with van der Waals surface area (Å²) in [5.74, 6) is 1.49. The molecule has 0 atom stereocenters. The Bertz CT molecular complexity index is 359. The molecule has 0 unspecified atom stereocenters. The largest absolute Gasteiger partial charge is 0.474 e. The number of nitrogens with two attached hydrogens (primary N) is 1. The Morgan fingerprint density at radius 2 is 2.24 bits per heavy atom. The van der Waals surface area contributed by atoms with Gasteiger partial charge in [0.25, 0.3) is 0 Å². The number of nitrogens with zero attached hydrogens (tertiary/aromatic N) is 1. The van der Waals surface area contributed by atoms with Crippen LogP contribution < -0.4 is 10.5 Å². The molecule has 0 aromatic carbocycles. The van der Waals surface area contributed by atoms with Gasteiger partial charge in [0, 0.05) is 18.3 Å². The van der Waals surface area contributed by atoms with Crippen molar-refractivity contribution in [1.82, 2.24) is 4.98 Å². The zero-order valence-electron chi connectivity index (χ0n) is 10.7. The van der Waals surface area contributed by atoms with E-state index in [1.807, 2.05) is 6.20 Å². The molecular formula is C14H22N2O. The summed E-state index contributed by atoms with van der Waals surface area (Å²) in [7, 11) is 0. The van der Waals surface area contributed by atoms with Gasteiger partial charge in [-0.1, -0.05) is 13.8 Å². The number of ether oxygens (including phenoxy) is 1. The van der Waals surface area contributed by atoms with Crippen molar-refractivity contribution in [2.45, 2.75) is 51.7 Å². The van der Waals surface area contributed by atoms with E-state index in [2.05, 4.69) is 31.0 Å². The average Bonchev–Trinajstić information content (AvgIpc) is 2.25. The van der Waals surface area contributed by atoms with E-state index in [0.29, 0.717) is 6.04 Å². The van der Waals surface area contributed by atoms with E-state index >= 15 is 0 Å². The molecule has 1 aromatic heterocycles. The Labute approximate surface area is 103 Å². The van der Waals surface area contributed by atoms with Crippen LogP contribution in [-0.4, -0.2) is 17.1 Å². The fourth-order valence-corrected chi connectivity index (χ4v) is 2.00. The van der Waals surface area contributed by atoms with Gasteiger partial charge in [0.05, 0.1) is 0 Å². The SMILES string of the molecule is CC(C)CCc1ccnc(O[C@H]2C[C@H](N)C2)c1. The molecule has 3 nitrogen and oxygen atoms in total. The second-order valence-corrected chi connectivity index (χ2v) is 5.41. The summed E-state index contributed by atoms with van der Waals surface area (Å²) in [6.45, 7) is 4.49. The zero-order chi connectivity index (χ0) is 12.3. The van der Waals surface area contributed by atoms with E-state index in [9.17, 15) is 0 Å². The summed E-state index contributed by atoms with van der Waals surface area (Å²) in [5, 5.41) is 0. The van der Waals surface area contributed by atoms with Crippen molar-refractivity contribution in [3.8, 4) is 5.88 Å². The summed E-state index contributed by atoms with van der Waals surface area (Å²) < 4.78 is 5.78. The van der Waals surface area contributed by atoms with Crippen molar-refractivity contribution in [2.24, 2.45) is 11.7 Å². The third-order valence-corrected chi connectivity index (χ3v) is 3.23. The number of aryl methyl sites for hydroxylation is 1. The molecule has 0 radical (unpaired) electrons. The quantitative estimate of drug-likeness (QED) is 0.851. The van der Waals surface area contributed by atoms with Crippen molar-refractivity contribution < 1.29 is 4.74 Å². The minimum Gasteiger partial charge on any atom is -0.474 e. The van der Waals surface area contributed by atoms with E-state index in [-0.39, 0.29) is 6.10 Å². The molecule has 0 aliphatic heterocycles. The predicted octanol–water partition coefficient (Wildman–Crippen LogP) is 2.54. The van der Waals surface area contributed by atoms with Crippen LogP contribution in [0.4, 0.5) is 0 Å². The molecule has 2 rings (SSSR count). The van der Waals surface area contributed by atoms with Gasteiger partial charge in [0.15, 0.2) is 0 Å². The van der Waals surface area contributed by atoms with E-state index < -0.39 is 0 Å². The van der Waals surface area contributed by atoms with Gasteiger partial charge in [-0.15, -0.1) is 0 Å². The van der Waals surface area contributed by atoms with Gasteiger partial charge in [0.1, 0.15) is 6.10 Å². The summed E-state index contributed by atoms with van der Waals surface area (Å²) in [6.07, 6.45) is 6.33. The highest BCUT2D eigenvalue weighted by Gasteiger charge is 2.27. The molecule has 0 bridgehead atoms. The molecule has 2 N–H and O–H groups in total. The standard InChI is InChI=1S/C14H22N2O/c1-10(2)3-4-11-5-6-16-14(7-11)17-13-8-12(15)9-13/h5-7,10,12-13H,3-4,8-9,15H2,1-2H3/t12-,13-. The van der Waals surface area contributed by atoms with Gasteiger partial charge in [-0.05, 0) is 43.2 Å². The van der Waals surface area contributed by atoms with Crippen LogP contribution in [0.25, 0.3) is 0 Å². The number of hydrogen-bond acceptors (Lipinski definition) is 3. The van der Waals surface area contributed by atoms with Crippen LogP contribution in [0.3, 0.4) is 0 Å². The number of pyridine rings is 1. The van der Waals surface area contributed by atoms with Crippen LogP contribution in [-0.2, 0) is 6.42 Å². The van der Waals surface area contributed by atoms with Gasteiger partial charge in [-0.3, -0.25) is 0 Å². The Hall–Kier alpha value is -1.09. The lowest BCUT2D eigenvalue weighted by molar-refractivity contribution is 0.0957. The van der Waals surface area contributed by atoms with Crippen LogP contribution in [0.5, 0.6) is 5.88 Å².